The highest BCUT2D eigenvalue weighted by Crippen LogP contribution is 2.29. The van der Waals surface area contributed by atoms with E-state index >= 15 is 0 Å². The van der Waals surface area contributed by atoms with E-state index in [-0.39, 0.29) is 10.6 Å². The summed E-state index contributed by atoms with van der Waals surface area (Å²) in [6.07, 6.45) is 6.35. The lowest BCUT2D eigenvalue weighted by Gasteiger charge is -2.08. The monoisotopic (exact) mass is 333 g/mol. The van der Waals surface area contributed by atoms with Crippen molar-refractivity contribution in [1.29, 1.82) is 0 Å². The molecule has 0 amide bonds. The Bertz CT molecular complexity index is 1040. The van der Waals surface area contributed by atoms with E-state index < -0.39 is 0 Å². The third-order valence-corrected chi connectivity index (χ3v) is 4.05. The van der Waals surface area contributed by atoms with Crippen LogP contribution in [0.25, 0.3) is 16.6 Å². The molecule has 3 aromatic heterocycles. The molecule has 0 saturated heterocycles. The van der Waals surface area contributed by atoms with Crippen LogP contribution in [0.4, 0.5) is 11.4 Å². The highest BCUT2D eigenvalue weighted by atomic mass is 16.6. The number of anilines is 1. The summed E-state index contributed by atoms with van der Waals surface area (Å²) in [5.74, 6) is 0. The molecule has 0 atom stereocenters. The number of aromatic nitrogens is 3. The van der Waals surface area contributed by atoms with Gasteiger partial charge in [-0.25, -0.2) is 4.98 Å². The normalized spacial score (nSPS) is 11.0. The van der Waals surface area contributed by atoms with Crippen molar-refractivity contribution in [3.8, 4) is 0 Å². The summed E-state index contributed by atoms with van der Waals surface area (Å²) in [4.78, 5) is 19.6. The molecule has 4 aromatic rings. The van der Waals surface area contributed by atoms with Crippen molar-refractivity contribution in [3.63, 3.8) is 0 Å². The number of rotatable bonds is 5. The van der Waals surface area contributed by atoms with E-state index in [1.54, 1.807) is 24.4 Å². The van der Waals surface area contributed by atoms with Crippen molar-refractivity contribution in [2.45, 2.75) is 6.42 Å². The summed E-state index contributed by atoms with van der Waals surface area (Å²) in [6, 6.07) is 12.5. The van der Waals surface area contributed by atoms with E-state index in [9.17, 15) is 10.1 Å². The lowest BCUT2D eigenvalue weighted by atomic mass is 10.1. The van der Waals surface area contributed by atoms with Gasteiger partial charge in [0.25, 0.3) is 5.69 Å². The van der Waals surface area contributed by atoms with Crippen molar-refractivity contribution in [3.05, 3.63) is 76.9 Å². The Morgan fingerprint density at radius 3 is 2.92 bits per heavy atom. The first-order chi connectivity index (χ1) is 12.2. The first-order valence-electron chi connectivity index (χ1n) is 7.91. The molecule has 0 aliphatic carbocycles. The van der Waals surface area contributed by atoms with Crippen LogP contribution in [-0.4, -0.2) is 25.8 Å². The van der Waals surface area contributed by atoms with E-state index in [2.05, 4.69) is 15.3 Å². The maximum absolute atomic E-state index is 11.2. The minimum atomic E-state index is -0.384. The van der Waals surface area contributed by atoms with Gasteiger partial charge in [0.2, 0.25) is 0 Å². The smallest absolute Gasteiger partial charge is 0.278 e. The van der Waals surface area contributed by atoms with Gasteiger partial charge in [-0.1, -0.05) is 6.07 Å². The Morgan fingerprint density at radius 2 is 2.08 bits per heavy atom. The zero-order chi connectivity index (χ0) is 17.2. The molecule has 0 radical (unpaired) electrons. The molecule has 1 N–H and O–H groups in total. The summed E-state index contributed by atoms with van der Waals surface area (Å²) in [6.45, 7) is 0.660. The van der Waals surface area contributed by atoms with E-state index in [0.29, 0.717) is 17.4 Å². The number of nitro benzene ring substituents is 1. The van der Waals surface area contributed by atoms with E-state index in [0.717, 1.165) is 23.4 Å². The van der Waals surface area contributed by atoms with Gasteiger partial charge < -0.3 is 9.72 Å². The number of fused-ring (bicyclic) bond motifs is 2. The van der Waals surface area contributed by atoms with Gasteiger partial charge in [-0.2, -0.15) is 0 Å². The number of nitrogens with zero attached hydrogens (tertiary/aromatic N) is 4. The molecule has 0 spiro atoms. The number of hydrogen-bond acceptors (Lipinski definition) is 5. The fourth-order valence-electron chi connectivity index (χ4n) is 2.89. The largest absolute Gasteiger partial charge is 0.383 e. The number of non-ortho nitro benzene ring substituents is 1. The maximum Gasteiger partial charge on any atom is 0.278 e. The van der Waals surface area contributed by atoms with Gasteiger partial charge in [0.1, 0.15) is 11.2 Å². The quantitative estimate of drug-likeness (QED) is 0.446. The Labute approximate surface area is 143 Å². The average molecular weight is 333 g/mol. The first-order valence-corrected chi connectivity index (χ1v) is 7.91. The predicted molar refractivity (Wildman–Crippen MR) is 95.8 cm³/mol. The maximum atomic E-state index is 11.2. The zero-order valence-electron chi connectivity index (χ0n) is 13.3. The van der Waals surface area contributed by atoms with Crippen LogP contribution in [0, 0.1) is 10.1 Å². The summed E-state index contributed by atoms with van der Waals surface area (Å²) in [5, 5.41) is 15.0. The van der Waals surface area contributed by atoms with Crippen LogP contribution in [-0.2, 0) is 6.42 Å². The molecule has 0 aliphatic rings. The summed E-state index contributed by atoms with van der Waals surface area (Å²) in [7, 11) is 0. The van der Waals surface area contributed by atoms with Gasteiger partial charge in [0.05, 0.1) is 21.7 Å². The SMILES string of the molecule is O=[N+]([O-])c1ccc(NCCc2cn3ccccc3n2)c2ncccc12. The Kier molecular flexibility index (Phi) is 3.74. The minimum Gasteiger partial charge on any atom is -0.383 e. The van der Waals surface area contributed by atoms with Gasteiger partial charge in [-0.15, -0.1) is 0 Å². The number of pyridine rings is 2. The second-order valence-corrected chi connectivity index (χ2v) is 5.66. The molecule has 0 aliphatic heterocycles. The van der Waals surface area contributed by atoms with Crippen LogP contribution in [0.2, 0.25) is 0 Å². The molecule has 3 heterocycles. The van der Waals surface area contributed by atoms with Gasteiger partial charge in [0, 0.05) is 37.6 Å². The Hall–Kier alpha value is -3.48. The topological polar surface area (TPSA) is 85.4 Å². The van der Waals surface area contributed by atoms with Gasteiger partial charge in [-0.05, 0) is 30.3 Å². The van der Waals surface area contributed by atoms with E-state index in [4.69, 9.17) is 0 Å². The molecule has 1 aromatic carbocycles. The molecule has 0 bridgehead atoms. The predicted octanol–water partition coefficient (Wildman–Crippen LogP) is 3.45. The van der Waals surface area contributed by atoms with Crippen molar-refractivity contribution < 1.29 is 4.92 Å². The summed E-state index contributed by atoms with van der Waals surface area (Å²) < 4.78 is 1.98. The highest BCUT2D eigenvalue weighted by Gasteiger charge is 2.14. The molecule has 25 heavy (non-hydrogen) atoms. The summed E-state index contributed by atoms with van der Waals surface area (Å²) >= 11 is 0. The van der Waals surface area contributed by atoms with Crippen LogP contribution < -0.4 is 5.32 Å². The number of hydrogen-bond donors (Lipinski definition) is 1. The molecule has 7 heteroatoms. The first kappa shape index (κ1) is 15.1. The van der Waals surface area contributed by atoms with Gasteiger partial charge in [-0.3, -0.25) is 15.1 Å². The van der Waals surface area contributed by atoms with E-state index in [1.165, 1.54) is 6.07 Å². The van der Waals surface area contributed by atoms with Crippen LogP contribution in [0.3, 0.4) is 0 Å². The lowest BCUT2D eigenvalue weighted by molar-refractivity contribution is -0.383. The Balaban J connectivity index is 1.55. The van der Waals surface area contributed by atoms with Gasteiger partial charge >= 0.3 is 0 Å². The molecule has 7 nitrogen and oxygen atoms in total. The molecule has 0 fully saturated rings. The second kappa shape index (κ2) is 6.20. The van der Waals surface area contributed by atoms with Gasteiger partial charge in [0.15, 0.2) is 0 Å². The molecular formula is C18H15N5O2. The Morgan fingerprint density at radius 1 is 1.16 bits per heavy atom. The highest BCUT2D eigenvalue weighted by molar-refractivity contribution is 5.96. The minimum absolute atomic E-state index is 0.0639. The number of nitro groups is 1. The number of imidazole rings is 1. The van der Waals surface area contributed by atoms with Crippen molar-refractivity contribution in [2.75, 3.05) is 11.9 Å². The lowest BCUT2D eigenvalue weighted by Crippen LogP contribution is -2.06. The second-order valence-electron chi connectivity index (χ2n) is 5.66. The third-order valence-electron chi connectivity index (χ3n) is 4.05. The molecule has 124 valence electrons. The molecular weight excluding hydrogens is 318 g/mol. The average Bonchev–Trinajstić information content (AvgIpc) is 3.04. The van der Waals surface area contributed by atoms with E-state index in [1.807, 2.05) is 35.0 Å². The van der Waals surface area contributed by atoms with Crippen molar-refractivity contribution in [2.24, 2.45) is 0 Å². The number of benzene rings is 1. The zero-order valence-corrected chi connectivity index (χ0v) is 13.3. The molecule has 4 rings (SSSR count). The fraction of sp³-hybridized carbons (Fsp3) is 0.111. The molecule has 0 unspecified atom stereocenters. The van der Waals surface area contributed by atoms with Crippen LogP contribution in [0.1, 0.15) is 5.69 Å². The summed E-state index contributed by atoms with van der Waals surface area (Å²) in [5.41, 5.74) is 3.35. The molecule has 0 saturated carbocycles. The van der Waals surface area contributed by atoms with Crippen LogP contribution >= 0.6 is 0 Å². The number of nitrogens with one attached hydrogen (secondary N) is 1. The van der Waals surface area contributed by atoms with Crippen LogP contribution in [0.5, 0.6) is 0 Å². The van der Waals surface area contributed by atoms with Crippen molar-refractivity contribution >= 4 is 27.9 Å². The standard InChI is InChI=1S/C18H15N5O2/c24-23(25)16-7-6-15(18-14(16)4-3-9-20-18)19-10-8-13-12-22-11-2-1-5-17(22)21-13/h1-7,9,11-12,19H,8,10H2. The van der Waals surface area contributed by atoms with Crippen molar-refractivity contribution in [1.82, 2.24) is 14.4 Å². The fourth-order valence-corrected chi connectivity index (χ4v) is 2.89. The third kappa shape index (κ3) is 2.87. The van der Waals surface area contributed by atoms with Crippen LogP contribution in [0.15, 0.2) is 61.1 Å².